The molecule has 0 radical (unpaired) electrons. The zero-order chi connectivity index (χ0) is 34.1. The Morgan fingerprint density at radius 1 is 1.17 bits per heavy atom. The smallest absolute Gasteiger partial charge is 0.405 e. The van der Waals surface area contributed by atoms with Crippen LogP contribution in [-0.4, -0.2) is 63.0 Å². The Morgan fingerprint density at radius 3 is 2.65 bits per heavy atom. The van der Waals surface area contributed by atoms with Crippen molar-refractivity contribution in [2.45, 2.75) is 76.9 Å². The number of benzene rings is 1. The van der Waals surface area contributed by atoms with Crippen LogP contribution in [-0.2, 0) is 49.0 Å². The molecule has 252 valence electrons. The number of ether oxygens (including phenoxy) is 2. The van der Waals surface area contributed by atoms with Crippen LogP contribution >= 0.6 is 0 Å². The summed E-state index contributed by atoms with van der Waals surface area (Å²) in [5.41, 5.74) is 1.68. The van der Waals surface area contributed by atoms with E-state index in [1.165, 1.54) is 10.6 Å². The second kappa shape index (κ2) is 11.7. The number of aliphatic hydroxyl groups is 1. The van der Waals surface area contributed by atoms with Crippen LogP contribution in [0.3, 0.4) is 0 Å². The molecule has 1 aromatic carbocycles. The number of rotatable bonds is 9. The summed E-state index contributed by atoms with van der Waals surface area (Å²) in [6, 6.07) is 2.39. The Labute approximate surface area is 272 Å². The molecule has 3 amide bonds. The summed E-state index contributed by atoms with van der Waals surface area (Å²) in [5.74, 6) is -2.34. The van der Waals surface area contributed by atoms with Crippen molar-refractivity contribution in [3.8, 4) is 11.4 Å². The Balaban J connectivity index is 1.26. The van der Waals surface area contributed by atoms with E-state index in [0.717, 1.165) is 24.0 Å². The van der Waals surface area contributed by atoms with Gasteiger partial charge in [-0.2, -0.15) is 0 Å². The summed E-state index contributed by atoms with van der Waals surface area (Å²) in [6.07, 6.45) is 0.173. The highest BCUT2D eigenvalue weighted by atomic mass is 19.1. The van der Waals surface area contributed by atoms with E-state index in [4.69, 9.17) is 19.6 Å². The van der Waals surface area contributed by atoms with E-state index in [2.05, 4.69) is 10.6 Å². The predicted octanol–water partition coefficient (Wildman–Crippen LogP) is 1.77. The van der Waals surface area contributed by atoms with Crippen molar-refractivity contribution in [3.63, 3.8) is 0 Å². The van der Waals surface area contributed by atoms with Crippen molar-refractivity contribution in [2.75, 3.05) is 13.3 Å². The van der Waals surface area contributed by atoms with Crippen LogP contribution in [0.15, 0.2) is 16.9 Å². The van der Waals surface area contributed by atoms with Crippen LogP contribution in [0.2, 0.25) is 0 Å². The maximum Gasteiger partial charge on any atom is 0.405 e. The lowest BCUT2D eigenvalue weighted by Crippen LogP contribution is -2.44. The summed E-state index contributed by atoms with van der Waals surface area (Å²) < 4.78 is 27.7. The number of amides is 3. The number of pyridine rings is 2. The van der Waals surface area contributed by atoms with Gasteiger partial charge < -0.3 is 40.2 Å². The Hall–Kier alpha value is -4.89. The zero-order valence-corrected chi connectivity index (χ0v) is 26.3. The predicted molar refractivity (Wildman–Crippen MR) is 165 cm³/mol. The van der Waals surface area contributed by atoms with Gasteiger partial charge in [0.25, 0.3) is 5.56 Å². The molecule has 7 rings (SSSR count). The van der Waals surface area contributed by atoms with E-state index in [1.54, 1.807) is 19.9 Å². The second-order valence-corrected chi connectivity index (χ2v) is 12.7. The maximum atomic E-state index is 15.2. The summed E-state index contributed by atoms with van der Waals surface area (Å²) in [6.45, 7) is 2.39. The molecule has 1 fully saturated rings. The molecule has 0 bridgehead atoms. The van der Waals surface area contributed by atoms with E-state index >= 15 is 4.39 Å². The van der Waals surface area contributed by atoms with Crippen LogP contribution < -0.4 is 21.5 Å². The van der Waals surface area contributed by atoms with E-state index < -0.39 is 59.5 Å². The van der Waals surface area contributed by atoms with E-state index in [-0.39, 0.29) is 43.3 Å². The number of aryl methyl sites for hydroxylation is 1. The lowest BCUT2D eigenvalue weighted by atomic mass is 9.81. The van der Waals surface area contributed by atoms with Crippen molar-refractivity contribution < 1.29 is 43.3 Å². The van der Waals surface area contributed by atoms with Gasteiger partial charge in [-0.05, 0) is 67.7 Å². The van der Waals surface area contributed by atoms with Gasteiger partial charge in [-0.3, -0.25) is 14.4 Å². The molecule has 1 saturated carbocycles. The van der Waals surface area contributed by atoms with Gasteiger partial charge in [0.2, 0.25) is 11.8 Å². The minimum absolute atomic E-state index is 0.0138. The van der Waals surface area contributed by atoms with Gasteiger partial charge >= 0.3 is 12.1 Å². The number of esters is 1. The molecule has 3 aromatic rings. The number of hydrogen-bond acceptors (Lipinski definition) is 9. The number of fused-ring (bicyclic) bond motifs is 5. The minimum atomic E-state index is -2.01. The average molecular weight is 664 g/mol. The first-order chi connectivity index (χ1) is 22.9. The maximum absolute atomic E-state index is 15.2. The zero-order valence-electron chi connectivity index (χ0n) is 26.3. The molecule has 5 N–H and O–H groups in total. The Kier molecular flexibility index (Phi) is 7.70. The largest absolute Gasteiger partial charge is 0.465 e. The van der Waals surface area contributed by atoms with Crippen LogP contribution in [0.5, 0.6) is 0 Å². The topological polar surface area (TPSA) is 198 Å². The van der Waals surface area contributed by atoms with Crippen LogP contribution in [0.25, 0.3) is 22.3 Å². The van der Waals surface area contributed by atoms with Gasteiger partial charge in [0.05, 0.1) is 35.1 Å². The molecule has 0 spiro atoms. The molecule has 2 aliphatic carbocycles. The number of cyclic esters (lactones) is 1. The summed E-state index contributed by atoms with van der Waals surface area (Å²) in [7, 11) is 0. The molecule has 4 heterocycles. The molecule has 15 heteroatoms. The molecular formula is C33H34FN5O9. The number of carbonyl (C=O) groups excluding carboxylic acids is 3. The third-order valence-corrected chi connectivity index (χ3v) is 9.94. The summed E-state index contributed by atoms with van der Waals surface area (Å²) in [5, 5.41) is 28.2. The lowest BCUT2D eigenvalue weighted by molar-refractivity contribution is -0.172. The normalized spacial score (nSPS) is 21.1. The van der Waals surface area contributed by atoms with Gasteiger partial charge in [-0.25, -0.2) is 19.0 Å². The summed E-state index contributed by atoms with van der Waals surface area (Å²) >= 11 is 0. The molecule has 2 aliphatic heterocycles. The number of hydrogen-bond donors (Lipinski definition) is 5. The van der Waals surface area contributed by atoms with Crippen LogP contribution in [0, 0.1) is 18.7 Å². The fourth-order valence-electron chi connectivity index (χ4n) is 7.21. The first-order valence-electron chi connectivity index (χ1n) is 15.9. The number of halogens is 1. The van der Waals surface area contributed by atoms with Crippen molar-refractivity contribution in [3.05, 3.63) is 61.7 Å². The highest BCUT2D eigenvalue weighted by Gasteiger charge is 2.46. The van der Waals surface area contributed by atoms with Crippen LogP contribution in [0.1, 0.15) is 72.0 Å². The first-order valence-corrected chi connectivity index (χ1v) is 15.9. The first kappa shape index (κ1) is 31.7. The van der Waals surface area contributed by atoms with Crippen molar-refractivity contribution in [2.24, 2.45) is 5.92 Å². The molecule has 14 nitrogen and oxygen atoms in total. The van der Waals surface area contributed by atoms with E-state index in [1.807, 2.05) is 5.32 Å². The quantitative estimate of drug-likeness (QED) is 0.130. The molecule has 0 saturated heterocycles. The van der Waals surface area contributed by atoms with Gasteiger partial charge in [-0.1, -0.05) is 6.92 Å². The minimum Gasteiger partial charge on any atom is -0.465 e. The Morgan fingerprint density at radius 2 is 1.94 bits per heavy atom. The lowest BCUT2D eigenvalue weighted by Gasteiger charge is -2.31. The van der Waals surface area contributed by atoms with E-state index in [9.17, 15) is 29.1 Å². The second-order valence-electron chi connectivity index (χ2n) is 12.7. The molecule has 1 unspecified atom stereocenters. The molecule has 4 aliphatic rings. The van der Waals surface area contributed by atoms with Crippen molar-refractivity contribution in [1.29, 1.82) is 0 Å². The monoisotopic (exact) mass is 663 g/mol. The number of carboxylic acid groups (broad SMARTS) is 1. The fourth-order valence-corrected chi connectivity index (χ4v) is 7.21. The van der Waals surface area contributed by atoms with Gasteiger partial charge in [-0.15, -0.1) is 0 Å². The summed E-state index contributed by atoms with van der Waals surface area (Å²) in [4.78, 5) is 67.7. The van der Waals surface area contributed by atoms with Crippen LogP contribution in [0.4, 0.5) is 9.18 Å². The molecule has 48 heavy (non-hydrogen) atoms. The number of aromatic nitrogens is 2. The van der Waals surface area contributed by atoms with Crippen molar-refractivity contribution in [1.82, 2.24) is 25.5 Å². The highest BCUT2D eigenvalue weighted by Crippen LogP contribution is 2.46. The SMILES string of the molecule is CC[C@@]1(O)C(=O)OCc2c1cc1n(c2=O)Cc2c-1nc1cc(F)c(C)c3c1c2[C@@H](NC(=O)C(OCNC(=O)CNC(=O)O)C1CC1)CC3. The van der Waals surface area contributed by atoms with Gasteiger partial charge in [0.1, 0.15) is 31.8 Å². The third-order valence-electron chi connectivity index (χ3n) is 9.94. The van der Waals surface area contributed by atoms with Crippen molar-refractivity contribution >= 4 is 34.8 Å². The van der Waals surface area contributed by atoms with E-state index in [0.29, 0.717) is 46.3 Å². The standard InChI is InChI=1S/C33H34FN5O9/c1-3-33(46)19-8-23-27-17(11-39(23)30(42)18(19)12-47-31(33)43)26-21(7-6-16-14(2)20(34)9-22(37-27)25(16)26)38-29(41)28(15-4-5-15)48-13-36-24(40)10-35-32(44)45/h8-9,15,21,28,35,46H,3-7,10-13H2,1-2H3,(H,36,40)(H,38,41)(H,44,45)/t21-,28?,33-/m0/s1. The Bertz CT molecular complexity index is 1990. The number of nitrogens with one attached hydrogen (secondary N) is 3. The average Bonchev–Trinajstić information content (AvgIpc) is 3.83. The fraction of sp³-hybridized carbons (Fsp3) is 0.455. The number of carbonyl (C=O) groups is 4. The highest BCUT2D eigenvalue weighted by molar-refractivity contribution is 5.94. The molecule has 2 aromatic heterocycles. The van der Waals surface area contributed by atoms with Gasteiger partial charge in [0, 0.05) is 22.6 Å². The number of nitrogens with zero attached hydrogens (tertiary/aromatic N) is 2. The molecule has 3 atom stereocenters. The molecular weight excluding hydrogens is 629 g/mol. The van der Waals surface area contributed by atoms with Gasteiger partial charge in [0.15, 0.2) is 5.60 Å². The third kappa shape index (κ3) is 5.08.